The number of carbonyl (C=O) groups is 1. The quantitative estimate of drug-likeness (QED) is 0.609. The van der Waals surface area contributed by atoms with Crippen molar-refractivity contribution in [2.75, 3.05) is 18.2 Å². The molecule has 1 aliphatic carbocycles. The standard InChI is InChI=1S/C20H28N4O2S2/c1-14(2)24(16-7-5-4-6-8-16)18(25)13-27-20-23-22-19(28-20)21-15-9-11-17(26-3)12-10-15/h9-12,14,16H,4-8,13H2,1-3H3,(H,21,22). The van der Waals surface area contributed by atoms with E-state index in [1.54, 1.807) is 7.11 Å². The van der Waals surface area contributed by atoms with Crippen molar-refractivity contribution < 1.29 is 9.53 Å². The zero-order valence-electron chi connectivity index (χ0n) is 16.7. The van der Waals surface area contributed by atoms with Crippen LogP contribution in [0.2, 0.25) is 0 Å². The number of ether oxygens (including phenoxy) is 1. The fourth-order valence-corrected chi connectivity index (χ4v) is 5.23. The summed E-state index contributed by atoms with van der Waals surface area (Å²) in [5.74, 6) is 1.42. The molecule has 1 amide bonds. The van der Waals surface area contributed by atoms with Crippen LogP contribution in [0.5, 0.6) is 5.75 Å². The first-order valence-electron chi connectivity index (χ1n) is 9.75. The lowest BCUT2D eigenvalue weighted by molar-refractivity contribution is -0.133. The number of hydrogen-bond acceptors (Lipinski definition) is 7. The highest BCUT2D eigenvalue weighted by Crippen LogP contribution is 2.30. The van der Waals surface area contributed by atoms with Crippen molar-refractivity contribution in [3.8, 4) is 5.75 Å². The number of nitrogens with one attached hydrogen (secondary N) is 1. The SMILES string of the molecule is COc1ccc(Nc2nnc(SCC(=O)N(C(C)C)C3CCCCC3)s2)cc1. The minimum atomic E-state index is 0.201. The number of carbonyl (C=O) groups excluding carboxylic acids is 1. The fourth-order valence-electron chi connectivity index (χ4n) is 3.59. The third-order valence-electron chi connectivity index (χ3n) is 4.88. The summed E-state index contributed by atoms with van der Waals surface area (Å²) in [6, 6.07) is 8.27. The van der Waals surface area contributed by atoms with E-state index in [0.717, 1.165) is 28.6 Å². The van der Waals surface area contributed by atoms with Gasteiger partial charge in [-0.2, -0.15) is 0 Å². The summed E-state index contributed by atoms with van der Waals surface area (Å²) in [6.45, 7) is 4.22. The minimum Gasteiger partial charge on any atom is -0.497 e. The topological polar surface area (TPSA) is 67.3 Å². The Morgan fingerprint density at radius 1 is 1.25 bits per heavy atom. The Balaban J connectivity index is 1.54. The van der Waals surface area contributed by atoms with Crippen molar-refractivity contribution in [1.82, 2.24) is 15.1 Å². The first-order chi connectivity index (χ1) is 13.6. The summed E-state index contributed by atoms with van der Waals surface area (Å²) in [5, 5.41) is 12.3. The lowest BCUT2D eigenvalue weighted by Gasteiger charge is -2.37. The van der Waals surface area contributed by atoms with Crippen LogP contribution in [-0.4, -0.2) is 46.0 Å². The van der Waals surface area contributed by atoms with Crippen LogP contribution in [-0.2, 0) is 4.79 Å². The molecule has 3 rings (SSSR count). The van der Waals surface area contributed by atoms with E-state index >= 15 is 0 Å². The van der Waals surface area contributed by atoms with Crippen LogP contribution in [0.4, 0.5) is 10.8 Å². The molecule has 1 heterocycles. The van der Waals surface area contributed by atoms with Gasteiger partial charge < -0.3 is 15.0 Å². The maximum Gasteiger partial charge on any atom is 0.233 e. The van der Waals surface area contributed by atoms with Gasteiger partial charge in [0.05, 0.1) is 12.9 Å². The Labute approximate surface area is 175 Å². The van der Waals surface area contributed by atoms with Crippen molar-refractivity contribution in [2.24, 2.45) is 0 Å². The molecule has 0 bridgehead atoms. The van der Waals surface area contributed by atoms with Crippen LogP contribution in [0, 0.1) is 0 Å². The van der Waals surface area contributed by atoms with Gasteiger partial charge in [-0.05, 0) is 51.0 Å². The lowest BCUT2D eigenvalue weighted by Crippen LogP contribution is -2.46. The van der Waals surface area contributed by atoms with Gasteiger partial charge in [-0.3, -0.25) is 4.79 Å². The van der Waals surface area contributed by atoms with E-state index in [1.165, 1.54) is 42.4 Å². The molecular formula is C20H28N4O2S2. The number of hydrogen-bond donors (Lipinski definition) is 1. The number of benzene rings is 1. The molecule has 0 aliphatic heterocycles. The van der Waals surface area contributed by atoms with Gasteiger partial charge in [0.15, 0.2) is 4.34 Å². The average molecular weight is 421 g/mol. The molecule has 1 aromatic carbocycles. The van der Waals surface area contributed by atoms with Crippen LogP contribution >= 0.6 is 23.1 Å². The molecule has 0 unspecified atom stereocenters. The normalized spacial score (nSPS) is 14.9. The van der Waals surface area contributed by atoms with Crippen LogP contribution in [0.3, 0.4) is 0 Å². The Morgan fingerprint density at radius 3 is 2.61 bits per heavy atom. The molecule has 152 valence electrons. The molecule has 0 radical (unpaired) electrons. The van der Waals surface area contributed by atoms with Gasteiger partial charge >= 0.3 is 0 Å². The first-order valence-corrected chi connectivity index (χ1v) is 11.6. The molecule has 1 fully saturated rings. The summed E-state index contributed by atoms with van der Waals surface area (Å²) < 4.78 is 5.97. The number of rotatable bonds is 8. The maximum atomic E-state index is 12.8. The van der Waals surface area contributed by atoms with Crippen LogP contribution in [0.1, 0.15) is 46.0 Å². The lowest BCUT2D eigenvalue weighted by atomic mass is 9.93. The smallest absolute Gasteiger partial charge is 0.233 e. The van der Waals surface area contributed by atoms with Gasteiger partial charge in [-0.1, -0.05) is 42.4 Å². The Bertz CT molecular complexity index is 758. The predicted molar refractivity (Wildman–Crippen MR) is 116 cm³/mol. The van der Waals surface area contributed by atoms with E-state index in [-0.39, 0.29) is 11.9 Å². The van der Waals surface area contributed by atoms with Crippen LogP contribution in [0.15, 0.2) is 28.6 Å². The highest BCUT2D eigenvalue weighted by molar-refractivity contribution is 8.01. The van der Waals surface area contributed by atoms with Gasteiger partial charge in [0.25, 0.3) is 0 Å². The van der Waals surface area contributed by atoms with Gasteiger partial charge in [0.1, 0.15) is 5.75 Å². The zero-order chi connectivity index (χ0) is 19.9. The van der Waals surface area contributed by atoms with Gasteiger partial charge in [0, 0.05) is 17.8 Å². The number of amides is 1. The number of thioether (sulfide) groups is 1. The molecular weight excluding hydrogens is 392 g/mol. The third kappa shape index (κ3) is 5.61. The van der Waals surface area contributed by atoms with Crippen molar-refractivity contribution >= 4 is 39.8 Å². The molecule has 1 N–H and O–H groups in total. The molecule has 8 heteroatoms. The summed E-state index contributed by atoms with van der Waals surface area (Å²) in [4.78, 5) is 14.9. The Hall–Kier alpha value is -1.80. The summed E-state index contributed by atoms with van der Waals surface area (Å²) in [6.07, 6.45) is 6.00. The molecule has 0 spiro atoms. The van der Waals surface area contributed by atoms with E-state index in [0.29, 0.717) is 16.9 Å². The van der Waals surface area contributed by atoms with Gasteiger partial charge in [0.2, 0.25) is 11.0 Å². The number of methoxy groups -OCH3 is 1. The fraction of sp³-hybridized carbons (Fsp3) is 0.550. The van der Waals surface area contributed by atoms with Gasteiger partial charge in [-0.25, -0.2) is 0 Å². The molecule has 1 saturated carbocycles. The number of aromatic nitrogens is 2. The monoisotopic (exact) mass is 420 g/mol. The van der Waals surface area contributed by atoms with Crippen molar-refractivity contribution in [3.05, 3.63) is 24.3 Å². The minimum absolute atomic E-state index is 0.201. The van der Waals surface area contributed by atoms with Crippen LogP contribution in [0.25, 0.3) is 0 Å². The summed E-state index contributed by atoms with van der Waals surface area (Å²) in [5.41, 5.74) is 0.924. The molecule has 1 aromatic heterocycles. The average Bonchev–Trinajstić information content (AvgIpc) is 3.15. The van der Waals surface area contributed by atoms with E-state index in [9.17, 15) is 4.79 Å². The zero-order valence-corrected chi connectivity index (χ0v) is 18.3. The van der Waals surface area contributed by atoms with Crippen molar-refractivity contribution in [3.63, 3.8) is 0 Å². The molecule has 0 saturated heterocycles. The van der Waals surface area contributed by atoms with E-state index in [4.69, 9.17) is 4.74 Å². The van der Waals surface area contributed by atoms with Crippen molar-refractivity contribution in [2.45, 2.75) is 62.4 Å². The molecule has 1 aliphatic rings. The number of anilines is 2. The molecule has 0 atom stereocenters. The molecule has 2 aromatic rings. The second kappa shape index (κ2) is 10.1. The maximum absolute atomic E-state index is 12.8. The molecule has 28 heavy (non-hydrogen) atoms. The predicted octanol–water partition coefficient (Wildman–Crippen LogP) is 4.95. The van der Waals surface area contributed by atoms with Crippen molar-refractivity contribution in [1.29, 1.82) is 0 Å². The van der Waals surface area contributed by atoms with E-state index < -0.39 is 0 Å². The largest absolute Gasteiger partial charge is 0.497 e. The third-order valence-corrected chi connectivity index (χ3v) is 6.84. The highest BCUT2D eigenvalue weighted by atomic mass is 32.2. The first kappa shape index (κ1) is 20.9. The Morgan fingerprint density at radius 2 is 1.96 bits per heavy atom. The highest BCUT2D eigenvalue weighted by Gasteiger charge is 2.27. The van der Waals surface area contributed by atoms with Gasteiger partial charge in [-0.15, -0.1) is 10.2 Å². The van der Waals surface area contributed by atoms with Crippen LogP contribution < -0.4 is 10.1 Å². The van der Waals surface area contributed by atoms with E-state index in [1.807, 2.05) is 24.3 Å². The van der Waals surface area contributed by atoms with E-state index in [2.05, 4.69) is 34.3 Å². The molecule has 6 nitrogen and oxygen atoms in total. The Kier molecular flexibility index (Phi) is 7.56. The second-order valence-corrected chi connectivity index (χ2v) is 9.40. The summed E-state index contributed by atoms with van der Waals surface area (Å²) in [7, 11) is 1.65. The number of nitrogens with zero attached hydrogens (tertiary/aromatic N) is 3. The summed E-state index contributed by atoms with van der Waals surface area (Å²) >= 11 is 2.93. The second-order valence-electron chi connectivity index (χ2n) is 7.20.